The summed E-state index contributed by atoms with van der Waals surface area (Å²) in [5.41, 5.74) is 0.828. The number of thiazole rings is 1. The highest BCUT2D eigenvalue weighted by molar-refractivity contribution is 7.13. The van der Waals surface area contributed by atoms with Crippen LogP contribution >= 0.6 is 11.3 Å². The molecule has 0 radical (unpaired) electrons. The normalized spacial score (nSPS) is 18.1. The summed E-state index contributed by atoms with van der Waals surface area (Å²) < 4.78 is 5.33. The molecule has 0 aromatic carbocycles. The van der Waals surface area contributed by atoms with Crippen LogP contribution in [0.3, 0.4) is 0 Å². The monoisotopic (exact) mass is 302 g/mol. The molecule has 2 fully saturated rings. The van der Waals surface area contributed by atoms with Crippen LogP contribution in [0.2, 0.25) is 0 Å². The van der Waals surface area contributed by atoms with E-state index < -0.39 is 0 Å². The molecule has 4 nitrogen and oxygen atoms in total. The Bertz CT molecular complexity index is 615. The average Bonchev–Trinajstić information content (AvgIpc) is 3.39. The molecular formula is C16H18N2O2S. The van der Waals surface area contributed by atoms with E-state index in [2.05, 4.69) is 10.3 Å². The van der Waals surface area contributed by atoms with Crippen LogP contribution in [0.25, 0.3) is 10.8 Å². The van der Waals surface area contributed by atoms with E-state index in [4.69, 9.17) is 4.42 Å². The predicted molar refractivity (Wildman–Crippen MR) is 80.9 cm³/mol. The van der Waals surface area contributed by atoms with Crippen LogP contribution < -0.4 is 5.32 Å². The molecule has 5 heteroatoms. The standard InChI is InChI=1S/C16H18N2O2S/c19-14(18-15(10-3-4-10)11-5-6-11)8-12-9-21-16(17-12)13-2-1-7-20-13/h1-2,7,9-11,15H,3-6,8H2,(H,18,19). The van der Waals surface area contributed by atoms with E-state index >= 15 is 0 Å². The van der Waals surface area contributed by atoms with Crippen molar-refractivity contribution in [2.45, 2.75) is 38.1 Å². The van der Waals surface area contributed by atoms with Crippen LogP contribution in [0.4, 0.5) is 0 Å². The van der Waals surface area contributed by atoms with Crippen molar-refractivity contribution in [3.8, 4) is 10.8 Å². The number of hydrogen-bond donors (Lipinski definition) is 1. The first-order valence-electron chi connectivity index (χ1n) is 7.57. The summed E-state index contributed by atoms with van der Waals surface area (Å²) in [6, 6.07) is 4.15. The highest BCUT2D eigenvalue weighted by atomic mass is 32.1. The van der Waals surface area contributed by atoms with Gasteiger partial charge in [0.2, 0.25) is 5.91 Å². The molecule has 2 aromatic rings. The molecule has 0 spiro atoms. The molecule has 110 valence electrons. The maximum Gasteiger partial charge on any atom is 0.226 e. The number of amides is 1. The fourth-order valence-corrected chi connectivity index (χ4v) is 3.62. The van der Waals surface area contributed by atoms with Crippen molar-refractivity contribution in [3.63, 3.8) is 0 Å². The van der Waals surface area contributed by atoms with Crippen LogP contribution in [-0.4, -0.2) is 16.9 Å². The molecule has 4 rings (SSSR count). The molecule has 0 aliphatic heterocycles. The third kappa shape index (κ3) is 3.02. The van der Waals surface area contributed by atoms with E-state index in [1.807, 2.05) is 17.5 Å². The number of aromatic nitrogens is 1. The number of nitrogens with zero attached hydrogens (tertiary/aromatic N) is 1. The lowest BCUT2D eigenvalue weighted by Crippen LogP contribution is -2.39. The zero-order valence-corrected chi connectivity index (χ0v) is 12.6. The van der Waals surface area contributed by atoms with Crippen molar-refractivity contribution >= 4 is 17.2 Å². The van der Waals surface area contributed by atoms with Gasteiger partial charge in [0, 0.05) is 11.4 Å². The molecular weight excluding hydrogens is 284 g/mol. The van der Waals surface area contributed by atoms with Gasteiger partial charge >= 0.3 is 0 Å². The lowest BCUT2D eigenvalue weighted by atomic mass is 10.1. The van der Waals surface area contributed by atoms with Gasteiger partial charge in [-0.3, -0.25) is 4.79 Å². The van der Waals surface area contributed by atoms with E-state index in [1.165, 1.54) is 37.0 Å². The second kappa shape index (κ2) is 5.30. The average molecular weight is 302 g/mol. The predicted octanol–water partition coefficient (Wildman–Crippen LogP) is 3.25. The molecule has 2 heterocycles. The lowest BCUT2D eigenvalue weighted by Gasteiger charge is -2.17. The fourth-order valence-electron chi connectivity index (χ4n) is 2.83. The van der Waals surface area contributed by atoms with Crippen molar-refractivity contribution in [2.75, 3.05) is 0 Å². The first-order valence-corrected chi connectivity index (χ1v) is 8.45. The van der Waals surface area contributed by atoms with Crippen LogP contribution in [0, 0.1) is 11.8 Å². The highest BCUT2D eigenvalue weighted by Gasteiger charge is 2.42. The Morgan fingerprint density at radius 3 is 2.76 bits per heavy atom. The number of furan rings is 1. The van der Waals surface area contributed by atoms with Gasteiger partial charge in [-0.25, -0.2) is 4.98 Å². The maximum atomic E-state index is 12.2. The first-order chi connectivity index (χ1) is 10.3. The molecule has 0 bridgehead atoms. The van der Waals surface area contributed by atoms with Crippen molar-refractivity contribution < 1.29 is 9.21 Å². The van der Waals surface area contributed by atoms with Crippen molar-refractivity contribution in [3.05, 3.63) is 29.5 Å². The quantitative estimate of drug-likeness (QED) is 0.891. The molecule has 2 aliphatic carbocycles. The number of rotatable bonds is 6. The van der Waals surface area contributed by atoms with Crippen LogP contribution in [0.15, 0.2) is 28.2 Å². The smallest absolute Gasteiger partial charge is 0.226 e. The van der Waals surface area contributed by atoms with Gasteiger partial charge in [-0.1, -0.05) is 0 Å². The second-order valence-electron chi connectivity index (χ2n) is 6.07. The highest BCUT2D eigenvalue weighted by Crippen LogP contribution is 2.44. The van der Waals surface area contributed by atoms with Gasteiger partial charge in [0.15, 0.2) is 10.8 Å². The number of carbonyl (C=O) groups is 1. The fraction of sp³-hybridized carbons (Fsp3) is 0.500. The van der Waals surface area contributed by atoms with E-state index in [-0.39, 0.29) is 5.91 Å². The van der Waals surface area contributed by atoms with Crippen LogP contribution in [0.1, 0.15) is 31.4 Å². The third-order valence-corrected chi connectivity index (χ3v) is 5.12. The minimum absolute atomic E-state index is 0.107. The molecule has 2 aliphatic rings. The summed E-state index contributed by atoms with van der Waals surface area (Å²) in [6.07, 6.45) is 7.12. The van der Waals surface area contributed by atoms with Crippen LogP contribution in [0.5, 0.6) is 0 Å². The van der Waals surface area contributed by atoms with Gasteiger partial charge in [-0.2, -0.15) is 0 Å². The summed E-state index contributed by atoms with van der Waals surface area (Å²) in [6.45, 7) is 0. The van der Waals surface area contributed by atoms with Crippen molar-refractivity contribution in [2.24, 2.45) is 11.8 Å². The Kier molecular flexibility index (Phi) is 3.30. The maximum absolute atomic E-state index is 12.2. The minimum atomic E-state index is 0.107. The van der Waals surface area contributed by atoms with Crippen molar-refractivity contribution in [1.29, 1.82) is 0 Å². The minimum Gasteiger partial charge on any atom is -0.462 e. The van der Waals surface area contributed by atoms with E-state index in [0.717, 1.165) is 28.3 Å². The molecule has 0 unspecified atom stereocenters. The molecule has 0 saturated heterocycles. The zero-order valence-electron chi connectivity index (χ0n) is 11.7. The SMILES string of the molecule is O=C(Cc1csc(-c2ccco2)n1)NC(C1CC1)C1CC1. The van der Waals surface area contributed by atoms with Crippen LogP contribution in [-0.2, 0) is 11.2 Å². The molecule has 0 atom stereocenters. The first kappa shape index (κ1) is 13.1. The molecule has 2 saturated carbocycles. The van der Waals surface area contributed by atoms with Gasteiger partial charge in [-0.05, 0) is 49.7 Å². The van der Waals surface area contributed by atoms with Gasteiger partial charge in [0.1, 0.15) is 0 Å². The van der Waals surface area contributed by atoms with Gasteiger partial charge in [-0.15, -0.1) is 11.3 Å². The summed E-state index contributed by atoms with van der Waals surface area (Å²) in [7, 11) is 0. The number of nitrogens with one attached hydrogen (secondary N) is 1. The van der Waals surface area contributed by atoms with Gasteiger partial charge in [0.25, 0.3) is 0 Å². The Morgan fingerprint density at radius 2 is 2.14 bits per heavy atom. The number of carbonyl (C=O) groups excluding carboxylic acids is 1. The Hall–Kier alpha value is -1.62. The largest absolute Gasteiger partial charge is 0.462 e. The topological polar surface area (TPSA) is 55.1 Å². The Labute approximate surface area is 127 Å². The van der Waals surface area contributed by atoms with Gasteiger partial charge < -0.3 is 9.73 Å². The van der Waals surface area contributed by atoms with E-state index in [1.54, 1.807) is 6.26 Å². The summed E-state index contributed by atoms with van der Waals surface area (Å²) in [5.74, 6) is 2.33. The van der Waals surface area contributed by atoms with E-state index in [0.29, 0.717) is 12.5 Å². The molecule has 1 amide bonds. The third-order valence-electron chi connectivity index (χ3n) is 4.21. The Balaban J connectivity index is 1.38. The summed E-state index contributed by atoms with van der Waals surface area (Å²) in [4.78, 5) is 16.7. The second-order valence-corrected chi connectivity index (χ2v) is 6.92. The lowest BCUT2D eigenvalue weighted by molar-refractivity contribution is -0.121. The Morgan fingerprint density at radius 1 is 1.38 bits per heavy atom. The van der Waals surface area contributed by atoms with Crippen molar-refractivity contribution in [1.82, 2.24) is 10.3 Å². The van der Waals surface area contributed by atoms with E-state index in [9.17, 15) is 4.79 Å². The van der Waals surface area contributed by atoms with Gasteiger partial charge in [0.05, 0.1) is 18.4 Å². The molecule has 1 N–H and O–H groups in total. The molecule has 2 aromatic heterocycles. The number of hydrogen-bond acceptors (Lipinski definition) is 4. The molecule has 21 heavy (non-hydrogen) atoms. The zero-order chi connectivity index (χ0) is 14.2. The summed E-state index contributed by atoms with van der Waals surface area (Å²) >= 11 is 1.52. The summed E-state index contributed by atoms with van der Waals surface area (Å²) in [5, 5.41) is 6.02.